The van der Waals surface area contributed by atoms with Gasteiger partial charge >= 0.3 is 0 Å². The maximum atomic E-state index is 11.4. The second kappa shape index (κ2) is 5.13. The van der Waals surface area contributed by atoms with Crippen molar-refractivity contribution in [1.82, 2.24) is 9.97 Å². The van der Waals surface area contributed by atoms with Gasteiger partial charge in [-0.05, 0) is 12.1 Å². The SMILES string of the molecule is O=S(=O)(O)c1ccc(S(=O)(=O)O)c2[nH]c(-c3ccccc3)nc12. The molecule has 0 aliphatic heterocycles. The predicted octanol–water partition coefficient (Wildman–Crippen LogP) is 1.72. The third kappa shape index (κ3) is 2.84. The maximum Gasteiger partial charge on any atom is 0.296 e. The van der Waals surface area contributed by atoms with Gasteiger partial charge in [0.1, 0.15) is 21.1 Å². The molecule has 0 fully saturated rings. The summed E-state index contributed by atoms with van der Waals surface area (Å²) < 4.78 is 64.3. The van der Waals surface area contributed by atoms with Crippen LogP contribution in [0.1, 0.15) is 0 Å². The fourth-order valence-electron chi connectivity index (χ4n) is 2.20. The van der Waals surface area contributed by atoms with Crippen LogP contribution in [0.4, 0.5) is 0 Å². The van der Waals surface area contributed by atoms with E-state index in [1.54, 1.807) is 30.3 Å². The molecule has 0 aliphatic carbocycles. The highest BCUT2D eigenvalue weighted by atomic mass is 32.2. The average Bonchev–Trinajstić information content (AvgIpc) is 2.89. The number of benzene rings is 2. The molecule has 1 aromatic heterocycles. The van der Waals surface area contributed by atoms with E-state index in [0.29, 0.717) is 5.56 Å². The van der Waals surface area contributed by atoms with Crippen LogP contribution in [0.2, 0.25) is 0 Å². The molecular formula is C13H10N2O6S2. The number of fused-ring (bicyclic) bond motifs is 1. The summed E-state index contributed by atoms with van der Waals surface area (Å²) in [5.41, 5.74) is 0.0919. The summed E-state index contributed by atoms with van der Waals surface area (Å²) in [4.78, 5) is 5.64. The van der Waals surface area contributed by atoms with Crippen molar-refractivity contribution in [3.8, 4) is 11.4 Å². The van der Waals surface area contributed by atoms with Crippen LogP contribution in [0.15, 0.2) is 52.3 Å². The summed E-state index contributed by atoms with van der Waals surface area (Å²) in [5, 5.41) is 0. The number of imidazole rings is 1. The van der Waals surface area contributed by atoms with Gasteiger partial charge in [0, 0.05) is 5.56 Å². The lowest BCUT2D eigenvalue weighted by Crippen LogP contribution is -2.03. The van der Waals surface area contributed by atoms with E-state index >= 15 is 0 Å². The monoisotopic (exact) mass is 354 g/mol. The van der Waals surface area contributed by atoms with E-state index in [1.807, 2.05) is 0 Å². The Balaban J connectivity index is 2.42. The minimum Gasteiger partial charge on any atom is -0.337 e. The van der Waals surface area contributed by atoms with Crippen LogP contribution in [-0.4, -0.2) is 35.9 Å². The average molecular weight is 354 g/mol. The van der Waals surface area contributed by atoms with Crippen molar-refractivity contribution in [1.29, 1.82) is 0 Å². The Morgan fingerprint density at radius 2 is 1.39 bits per heavy atom. The van der Waals surface area contributed by atoms with E-state index in [1.165, 1.54) is 0 Å². The van der Waals surface area contributed by atoms with Crippen molar-refractivity contribution in [3.63, 3.8) is 0 Å². The van der Waals surface area contributed by atoms with E-state index in [9.17, 15) is 25.9 Å². The molecule has 1 heterocycles. The fourth-order valence-corrected chi connectivity index (χ4v) is 3.48. The standard InChI is InChI=1S/C13H10N2O6S2/c16-22(17,18)9-6-7-10(23(19,20)21)12-11(9)14-13(15-12)8-4-2-1-3-5-8/h1-7H,(H,14,15)(H,16,17,18)(H,19,20,21). The first-order valence-corrected chi connectivity index (χ1v) is 9.09. The fraction of sp³-hybridized carbons (Fsp3) is 0. The van der Waals surface area contributed by atoms with Gasteiger partial charge in [-0.15, -0.1) is 0 Å². The molecule has 0 spiro atoms. The summed E-state index contributed by atoms with van der Waals surface area (Å²) in [6, 6.07) is 10.3. The molecule has 120 valence electrons. The van der Waals surface area contributed by atoms with Crippen LogP contribution in [0.25, 0.3) is 22.4 Å². The first-order valence-electron chi connectivity index (χ1n) is 6.21. The van der Waals surface area contributed by atoms with Gasteiger partial charge in [0.25, 0.3) is 20.2 Å². The zero-order valence-corrected chi connectivity index (χ0v) is 13.0. The second-order valence-electron chi connectivity index (χ2n) is 4.69. The topological polar surface area (TPSA) is 137 Å². The Kier molecular flexibility index (Phi) is 3.48. The zero-order chi connectivity index (χ0) is 16.8. The van der Waals surface area contributed by atoms with Gasteiger partial charge in [-0.2, -0.15) is 16.8 Å². The van der Waals surface area contributed by atoms with Gasteiger partial charge in [-0.3, -0.25) is 9.11 Å². The number of H-pyrrole nitrogens is 1. The second-order valence-corrected chi connectivity index (χ2v) is 7.47. The predicted molar refractivity (Wildman–Crippen MR) is 81.2 cm³/mol. The van der Waals surface area contributed by atoms with Crippen LogP contribution in [0, 0.1) is 0 Å². The molecule has 3 aromatic rings. The highest BCUT2D eigenvalue weighted by Gasteiger charge is 2.24. The highest BCUT2D eigenvalue weighted by molar-refractivity contribution is 7.86. The van der Waals surface area contributed by atoms with Crippen molar-refractivity contribution < 1.29 is 25.9 Å². The van der Waals surface area contributed by atoms with E-state index in [-0.39, 0.29) is 16.9 Å². The molecule has 8 nitrogen and oxygen atoms in total. The quantitative estimate of drug-likeness (QED) is 0.609. The lowest BCUT2D eigenvalue weighted by Gasteiger charge is -2.02. The Labute approximate surface area is 131 Å². The third-order valence-electron chi connectivity index (χ3n) is 3.17. The Hall–Kier alpha value is -2.27. The van der Waals surface area contributed by atoms with Crippen LogP contribution < -0.4 is 0 Å². The lowest BCUT2D eigenvalue weighted by atomic mass is 10.2. The first-order chi connectivity index (χ1) is 10.7. The molecule has 0 bridgehead atoms. The molecule has 23 heavy (non-hydrogen) atoms. The normalized spacial score (nSPS) is 12.6. The summed E-state index contributed by atoms with van der Waals surface area (Å²) in [6.07, 6.45) is 0. The Morgan fingerprint density at radius 1 is 0.826 bits per heavy atom. The maximum absolute atomic E-state index is 11.4. The van der Waals surface area contributed by atoms with E-state index in [0.717, 1.165) is 12.1 Å². The lowest BCUT2D eigenvalue weighted by molar-refractivity contribution is 0.480. The van der Waals surface area contributed by atoms with Crippen LogP contribution in [0.5, 0.6) is 0 Å². The van der Waals surface area contributed by atoms with Crippen molar-refractivity contribution in [2.75, 3.05) is 0 Å². The smallest absolute Gasteiger partial charge is 0.296 e. The van der Waals surface area contributed by atoms with Crippen LogP contribution in [-0.2, 0) is 20.2 Å². The first kappa shape index (κ1) is 15.6. The molecule has 2 aromatic carbocycles. The number of aromatic amines is 1. The molecule has 10 heteroatoms. The van der Waals surface area contributed by atoms with E-state index in [2.05, 4.69) is 9.97 Å². The van der Waals surface area contributed by atoms with Gasteiger partial charge < -0.3 is 4.98 Å². The van der Waals surface area contributed by atoms with Gasteiger partial charge in [0.15, 0.2) is 0 Å². The molecule has 0 radical (unpaired) electrons. The summed E-state index contributed by atoms with van der Waals surface area (Å²) in [5.74, 6) is 0.196. The molecular weight excluding hydrogens is 344 g/mol. The summed E-state index contributed by atoms with van der Waals surface area (Å²) >= 11 is 0. The number of nitrogens with zero attached hydrogens (tertiary/aromatic N) is 1. The molecule has 0 atom stereocenters. The highest BCUT2D eigenvalue weighted by Crippen LogP contribution is 2.30. The van der Waals surface area contributed by atoms with Gasteiger partial charge in [0.05, 0.1) is 5.52 Å². The molecule has 3 rings (SSSR count). The number of aromatic nitrogens is 2. The number of hydrogen-bond donors (Lipinski definition) is 3. The number of hydrogen-bond acceptors (Lipinski definition) is 5. The van der Waals surface area contributed by atoms with Gasteiger partial charge in [0.2, 0.25) is 0 Å². The van der Waals surface area contributed by atoms with Gasteiger partial charge in [-0.1, -0.05) is 30.3 Å². The van der Waals surface area contributed by atoms with Crippen molar-refractivity contribution in [2.45, 2.75) is 9.79 Å². The summed E-state index contributed by atoms with van der Waals surface area (Å²) in [6.45, 7) is 0. The third-order valence-corrected chi connectivity index (χ3v) is 4.95. The molecule has 0 amide bonds. The largest absolute Gasteiger partial charge is 0.337 e. The van der Waals surface area contributed by atoms with Gasteiger partial charge in [-0.25, -0.2) is 4.98 Å². The van der Waals surface area contributed by atoms with Crippen molar-refractivity contribution >= 4 is 31.3 Å². The Morgan fingerprint density at radius 3 is 1.96 bits per heavy atom. The van der Waals surface area contributed by atoms with Crippen molar-refractivity contribution in [3.05, 3.63) is 42.5 Å². The van der Waals surface area contributed by atoms with Crippen molar-refractivity contribution in [2.24, 2.45) is 0 Å². The molecule has 0 aliphatic rings. The number of nitrogens with one attached hydrogen (secondary N) is 1. The minimum absolute atomic E-state index is 0.196. The summed E-state index contributed by atoms with van der Waals surface area (Å²) in [7, 11) is -9.23. The molecule has 0 saturated heterocycles. The molecule has 0 unspecified atom stereocenters. The molecule has 0 saturated carbocycles. The van der Waals surface area contributed by atoms with E-state index < -0.39 is 30.0 Å². The van der Waals surface area contributed by atoms with E-state index in [4.69, 9.17) is 0 Å². The number of rotatable bonds is 3. The van der Waals surface area contributed by atoms with Crippen LogP contribution >= 0.6 is 0 Å². The Bertz CT molecular complexity index is 1030. The molecule has 3 N–H and O–H groups in total. The minimum atomic E-state index is -4.62. The zero-order valence-electron chi connectivity index (χ0n) is 11.3. The van der Waals surface area contributed by atoms with Crippen LogP contribution in [0.3, 0.4) is 0 Å².